The first-order valence-electron chi connectivity index (χ1n) is 15.6. The van der Waals surface area contributed by atoms with Crippen molar-refractivity contribution in [1.29, 1.82) is 0 Å². The van der Waals surface area contributed by atoms with Crippen LogP contribution in [0.5, 0.6) is 0 Å². The third kappa shape index (κ3) is 6.50. The molecule has 0 radical (unpaired) electrons. The number of nitrogens with one attached hydrogen (secondary N) is 1. The number of aryl methyl sites for hydroxylation is 1. The highest BCUT2D eigenvalue weighted by Crippen LogP contribution is 2.60. The van der Waals surface area contributed by atoms with Crippen LogP contribution < -0.4 is 10.2 Å². The second-order valence-corrected chi connectivity index (χ2v) is 13.6. The molecule has 2 aromatic rings. The van der Waals surface area contributed by atoms with Crippen LogP contribution in [0.1, 0.15) is 36.4 Å². The molecule has 1 unspecified atom stereocenters. The molecule has 0 aromatic heterocycles. The number of esters is 1. The standard InChI is InChI=1S/C35H39BrClN3O7/c1-4-6-15-26(42)46-20-25(22-12-8-7-9-13-22)38-32(43)27-28-33(44)40(17-18-41)31(35(28)19-23(36)30(27)47-35)34(45)39(16-5-2)29-21(3)11-10-14-24(29)37/h4-5,7-14,23,25,27-28,30-31,41H,1-2,6,15-20H2,3H3,(H,38,43)/t23?,25-,27+,28-,30+,31+,35-/m0/s1. The van der Waals surface area contributed by atoms with E-state index in [1.54, 1.807) is 24.3 Å². The molecule has 2 aromatic carbocycles. The van der Waals surface area contributed by atoms with Crippen molar-refractivity contribution < 1.29 is 33.8 Å². The molecule has 0 saturated carbocycles. The summed E-state index contributed by atoms with van der Waals surface area (Å²) in [6, 6.07) is 12.6. The summed E-state index contributed by atoms with van der Waals surface area (Å²) in [4.78, 5) is 58.0. The number of likely N-dealkylation sites (tertiary alicyclic amines) is 1. The summed E-state index contributed by atoms with van der Waals surface area (Å²) in [5.74, 6) is -3.73. The molecule has 7 atom stereocenters. The number of β-amino-alcohol motifs (C(OH)–C–C–N with tert-alkyl or cyclic N) is 1. The molecule has 5 rings (SSSR count). The normalized spacial score (nSPS) is 26.4. The minimum absolute atomic E-state index is 0.108. The summed E-state index contributed by atoms with van der Waals surface area (Å²) in [5, 5.41) is 13.4. The van der Waals surface area contributed by atoms with Gasteiger partial charge in [-0.1, -0.05) is 82.1 Å². The number of benzene rings is 2. The van der Waals surface area contributed by atoms with Crippen LogP contribution in [0.3, 0.4) is 0 Å². The molecule has 2 bridgehead atoms. The van der Waals surface area contributed by atoms with Gasteiger partial charge < -0.3 is 29.7 Å². The first-order chi connectivity index (χ1) is 22.6. The first kappa shape index (κ1) is 34.8. The maximum Gasteiger partial charge on any atom is 0.306 e. The fourth-order valence-corrected chi connectivity index (χ4v) is 8.50. The number of alkyl halides is 1. The number of amides is 3. The van der Waals surface area contributed by atoms with Crippen LogP contribution in [-0.2, 0) is 28.7 Å². The van der Waals surface area contributed by atoms with E-state index in [4.69, 9.17) is 21.1 Å². The van der Waals surface area contributed by atoms with Gasteiger partial charge in [-0.15, -0.1) is 13.2 Å². The largest absolute Gasteiger partial charge is 0.463 e. The molecule has 3 aliphatic heterocycles. The molecule has 3 aliphatic rings. The second kappa shape index (κ2) is 14.7. The topological polar surface area (TPSA) is 125 Å². The maximum absolute atomic E-state index is 14.7. The van der Waals surface area contributed by atoms with Gasteiger partial charge in [0.25, 0.3) is 5.91 Å². The van der Waals surface area contributed by atoms with Gasteiger partial charge in [0, 0.05) is 24.3 Å². The lowest BCUT2D eigenvalue weighted by Crippen LogP contribution is -2.57. The summed E-state index contributed by atoms with van der Waals surface area (Å²) < 4.78 is 12.1. The molecule has 3 amide bonds. The predicted octanol–water partition coefficient (Wildman–Crippen LogP) is 4.27. The second-order valence-electron chi connectivity index (χ2n) is 12.0. The van der Waals surface area contributed by atoms with E-state index in [1.165, 1.54) is 9.80 Å². The monoisotopic (exact) mass is 727 g/mol. The number of allylic oxidation sites excluding steroid dienone is 1. The minimum Gasteiger partial charge on any atom is -0.463 e. The smallest absolute Gasteiger partial charge is 0.306 e. The van der Waals surface area contributed by atoms with E-state index in [9.17, 15) is 24.3 Å². The van der Waals surface area contributed by atoms with Gasteiger partial charge >= 0.3 is 5.97 Å². The van der Waals surface area contributed by atoms with Gasteiger partial charge in [0.2, 0.25) is 11.8 Å². The van der Waals surface area contributed by atoms with Crippen LogP contribution in [0.4, 0.5) is 5.69 Å². The Hall–Kier alpha value is -3.51. The van der Waals surface area contributed by atoms with Gasteiger partial charge in [0.15, 0.2) is 0 Å². The van der Waals surface area contributed by atoms with Crippen molar-refractivity contribution in [2.75, 3.05) is 31.2 Å². The van der Waals surface area contributed by atoms with Gasteiger partial charge in [0.1, 0.15) is 18.2 Å². The summed E-state index contributed by atoms with van der Waals surface area (Å²) >= 11 is 10.3. The van der Waals surface area contributed by atoms with Gasteiger partial charge in [-0.05, 0) is 37.0 Å². The molecule has 2 N–H and O–H groups in total. The van der Waals surface area contributed by atoms with Crippen molar-refractivity contribution in [3.8, 4) is 0 Å². The number of anilines is 1. The minimum atomic E-state index is -1.35. The van der Waals surface area contributed by atoms with Crippen LogP contribution in [-0.4, -0.2) is 82.6 Å². The third-order valence-corrected chi connectivity index (χ3v) is 10.3. The number of carbonyl (C=O) groups excluding carboxylic acids is 4. The Kier molecular flexibility index (Phi) is 10.9. The maximum atomic E-state index is 14.7. The van der Waals surface area contributed by atoms with Crippen molar-refractivity contribution >= 4 is 56.9 Å². The Morgan fingerprint density at radius 3 is 2.62 bits per heavy atom. The van der Waals surface area contributed by atoms with Crippen molar-refractivity contribution in [3.05, 3.63) is 90.0 Å². The summed E-state index contributed by atoms with van der Waals surface area (Å²) in [5.41, 5.74) is 0.609. The average molecular weight is 729 g/mol. The van der Waals surface area contributed by atoms with Crippen molar-refractivity contribution in [2.45, 2.75) is 54.8 Å². The zero-order valence-electron chi connectivity index (χ0n) is 26.1. The van der Waals surface area contributed by atoms with Crippen molar-refractivity contribution in [1.82, 2.24) is 10.2 Å². The molecule has 3 fully saturated rings. The molecule has 47 heavy (non-hydrogen) atoms. The summed E-state index contributed by atoms with van der Waals surface area (Å²) in [6.45, 7) is 8.78. The van der Waals surface area contributed by atoms with Gasteiger partial charge in [-0.2, -0.15) is 0 Å². The number of fused-ring (bicyclic) bond motifs is 1. The molecular formula is C35H39BrClN3O7. The van der Waals surface area contributed by atoms with E-state index in [0.717, 1.165) is 11.1 Å². The van der Waals surface area contributed by atoms with Crippen LogP contribution in [0.15, 0.2) is 73.8 Å². The lowest BCUT2D eigenvalue weighted by Gasteiger charge is -2.37. The fraction of sp³-hybridized carbons (Fsp3) is 0.429. The molecule has 250 valence electrons. The van der Waals surface area contributed by atoms with Crippen LogP contribution >= 0.6 is 27.5 Å². The first-order valence-corrected chi connectivity index (χ1v) is 16.9. The Labute approximate surface area is 287 Å². The number of carbonyl (C=O) groups is 4. The molecule has 1 spiro atoms. The predicted molar refractivity (Wildman–Crippen MR) is 181 cm³/mol. The van der Waals surface area contributed by atoms with Crippen LogP contribution in [0.2, 0.25) is 5.02 Å². The molecule has 10 nitrogen and oxygen atoms in total. The Morgan fingerprint density at radius 1 is 1.21 bits per heavy atom. The number of para-hydroxylation sites is 1. The molecular weight excluding hydrogens is 690 g/mol. The fourth-order valence-electron chi connectivity index (χ4n) is 7.23. The SMILES string of the molecule is C=CCCC(=O)OC[C@H](NC(=O)[C@H]1[C@@H]2O[C@@]3(CC2Br)[C@@H]1C(=O)N(CCO)[C@@H]3C(=O)N(CC=C)c1c(C)cccc1Cl)c1ccccc1. The van der Waals surface area contributed by atoms with E-state index < -0.39 is 65.9 Å². The van der Waals surface area contributed by atoms with Crippen LogP contribution in [0, 0.1) is 18.8 Å². The summed E-state index contributed by atoms with van der Waals surface area (Å²) in [6.07, 6.45) is 3.41. The Morgan fingerprint density at radius 2 is 1.96 bits per heavy atom. The third-order valence-electron chi connectivity index (χ3n) is 9.18. The van der Waals surface area contributed by atoms with E-state index in [1.807, 2.05) is 43.3 Å². The number of halogens is 2. The zero-order valence-corrected chi connectivity index (χ0v) is 28.5. The van der Waals surface area contributed by atoms with Crippen molar-refractivity contribution in [3.63, 3.8) is 0 Å². The van der Waals surface area contributed by atoms with Crippen LogP contribution in [0.25, 0.3) is 0 Å². The molecule has 12 heteroatoms. The van der Waals surface area contributed by atoms with Crippen molar-refractivity contribution in [2.24, 2.45) is 11.8 Å². The highest BCUT2D eigenvalue weighted by atomic mass is 79.9. The zero-order chi connectivity index (χ0) is 33.9. The molecule has 0 aliphatic carbocycles. The van der Waals surface area contributed by atoms with Gasteiger partial charge in [-0.3, -0.25) is 19.2 Å². The number of nitrogens with zero attached hydrogens (tertiary/aromatic N) is 2. The summed E-state index contributed by atoms with van der Waals surface area (Å²) in [7, 11) is 0. The number of ether oxygens (including phenoxy) is 2. The molecule has 3 saturated heterocycles. The Bertz CT molecular complexity index is 1520. The number of aliphatic hydroxyl groups excluding tert-OH is 1. The highest BCUT2D eigenvalue weighted by Gasteiger charge is 2.76. The van der Waals surface area contributed by atoms with E-state index in [-0.39, 0.29) is 30.9 Å². The Balaban J connectivity index is 1.48. The number of rotatable bonds is 14. The number of aliphatic hydroxyl groups is 1. The van der Waals surface area contributed by atoms with E-state index >= 15 is 0 Å². The highest BCUT2D eigenvalue weighted by molar-refractivity contribution is 9.09. The number of hydrogen-bond acceptors (Lipinski definition) is 7. The lowest BCUT2D eigenvalue weighted by atomic mass is 9.70. The average Bonchev–Trinajstić information content (AvgIpc) is 3.65. The van der Waals surface area contributed by atoms with Gasteiger partial charge in [-0.25, -0.2) is 0 Å². The molecule has 3 heterocycles. The van der Waals surface area contributed by atoms with Gasteiger partial charge in [0.05, 0.1) is 41.3 Å². The van der Waals surface area contributed by atoms with E-state index in [0.29, 0.717) is 23.6 Å². The van der Waals surface area contributed by atoms with E-state index in [2.05, 4.69) is 34.4 Å². The lowest BCUT2D eigenvalue weighted by molar-refractivity contribution is -0.146. The quantitative estimate of drug-likeness (QED) is 0.169. The number of hydrogen-bond donors (Lipinski definition) is 2.